The third-order valence-corrected chi connectivity index (χ3v) is 3.30. The van der Waals surface area contributed by atoms with E-state index in [1.54, 1.807) is 0 Å². The molecule has 106 valence electrons. The molecule has 0 aliphatic heterocycles. The molecule has 0 saturated carbocycles. The van der Waals surface area contributed by atoms with Crippen molar-refractivity contribution in [1.29, 1.82) is 0 Å². The highest BCUT2D eigenvalue weighted by Gasteiger charge is 2.07. The third-order valence-electron chi connectivity index (χ3n) is 3.30. The fourth-order valence-corrected chi connectivity index (χ4v) is 2.35. The molecular formula is C17H19F2N. The van der Waals surface area contributed by atoms with Crippen molar-refractivity contribution >= 4 is 0 Å². The van der Waals surface area contributed by atoms with Gasteiger partial charge in [-0.05, 0) is 48.9 Å². The Morgan fingerprint density at radius 2 is 1.55 bits per heavy atom. The van der Waals surface area contributed by atoms with E-state index < -0.39 is 11.6 Å². The Bertz CT molecular complexity index is 520. The van der Waals surface area contributed by atoms with Crippen LogP contribution in [0.25, 0.3) is 0 Å². The summed E-state index contributed by atoms with van der Waals surface area (Å²) in [4.78, 5) is 0. The lowest BCUT2D eigenvalue weighted by Gasteiger charge is -2.12. The standard InChI is InChI=1S/C17H19F2N/c18-15-9-14(10-16(19)12-15)11-17(20)8-4-7-13-5-2-1-3-6-13/h1-3,5-6,9-10,12,17H,4,7-8,11,20H2. The Kier molecular flexibility index (Phi) is 5.24. The molecule has 2 N–H and O–H groups in total. The highest BCUT2D eigenvalue weighted by Crippen LogP contribution is 2.12. The van der Waals surface area contributed by atoms with E-state index in [0.29, 0.717) is 12.0 Å². The van der Waals surface area contributed by atoms with Crippen molar-refractivity contribution in [2.75, 3.05) is 0 Å². The molecule has 3 heteroatoms. The van der Waals surface area contributed by atoms with Gasteiger partial charge in [-0.15, -0.1) is 0 Å². The van der Waals surface area contributed by atoms with Crippen molar-refractivity contribution in [2.24, 2.45) is 5.73 Å². The van der Waals surface area contributed by atoms with Crippen molar-refractivity contribution in [3.8, 4) is 0 Å². The second-order valence-electron chi connectivity index (χ2n) is 5.12. The predicted octanol–water partition coefficient (Wildman–Crippen LogP) is 3.86. The van der Waals surface area contributed by atoms with Gasteiger partial charge in [-0.3, -0.25) is 0 Å². The SMILES string of the molecule is NC(CCCc1ccccc1)Cc1cc(F)cc(F)c1. The Balaban J connectivity index is 1.79. The number of hydrogen-bond acceptors (Lipinski definition) is 1. The zero-order valence-electron chi connectivity index (χ0n) is 11.4. The topological polar surface area (TPSA) is 26.0 Å². The molecule has 2 aromatic carbocycles. The molecule has 1 unspecified atom stereocenters. The van der Waals surface area contributed by atoms with Crippen molar-refractivity contribution in [3.63, 3.8) is 0 Å². The lowest BCUT2D eigenvalue weighted by atomic mass is 10.00. The summed E-state index contributed by atoms with van der Waals surface area (Å²) in [6, 6.07) is 13.7. The summed E-state index contributed by atoms with van der Waals surface area (Å²) in [7, 11) is 0. The Labute approximate surface area is 118 Å². The molecule has 2 aromatic rings. The van der Waals surface area contributed by atoms with Crippen LogP contribution in [0.3, 0.4) is 0 Å². The van der Waals surface area contributed by atoms with Gasteiger partial charge in [0.15, 0.2) is 0 Å². The number of hydrogen-bond donors (Lipinski definition) is 1. The van der Waals surface area contributed by atoms with E-state index in [4.69, 9.17) is 5.73 Å². The minimum atomic E-state index is -0.545. The summed E-state index contributed by atoms with van der Waals surface area (Å²) >= 11 is 0. The third kappa shape index (κ3) is 4.74. The van der Waals surface area contributed by atoms with E-state index in [1.807, 2.05) is 18.2 Å². The predicted molar refractivity (Wildman–Crippen MR) is 77.4 cm³/mol. The average molecular weight is 275 g/mol. The summed E-state index contributed by atoms with van der Waals surface area (Å²) in [5.74, 6) is -1.09. The molecule has 0 radical (unpaired) electrons. The van der Waals surface area contributed by atoms with E-state index in [2.05, 4.69) is 12.1 Å². The zero-order valence-corrected chi connectivity index (χ0v) is 11.4. The Hall–Kier alpha value is -1.74. The number of rotatable bonds is 6. The molecule has 0 spiro atoms. The normalized spacial score (nSPS) is 12.3. The average Bonchev–Trinajstić information content (AvgIpc) is 2.38. The first-order valence-corrected chi connectivity index (χ1v) is 6.88. The van der Waals surface area contributed by atoms with Gasteiger partial charge in [0, 0.05) is 12.1 Å². The number of halogens is 2. The van der Waals surface area contributed by atoms with Crippen LogP contribution in [0.5, 0.6) is 0 Å². The smallest absolute Gasteiger partial charge is 0.126 e. The van der Waals surface area contributed by atoms with Crippen LogP contribution >= 0.6 is 0 Å². The fourth-order valence-electron chi connectivity index (χ4n) is 2.35. The monoisotopic (exact) mass is 275 g/mol. The maximum Gasteiger partial charge on any atom is 0.126 e. The van der Waals surface area contributed by atoms with Gasteiger partial charge in [-0.1, -0.05) is 30.3 Å². The number of aryl methyl sites for hydroxylation is 1. The Morgan fingerprint density at radius 3 is 2.20 bits per heavy atom. The molecule has 0 amide bonds. The van der Waals surface area contributed by atoms with Gasteiger partial charge >= 0.3 is 0 Å². The molecule has 0 fully saturated rings. The molecule has 0 aliphatic carbocycles. The van der Waals surface area contributed by atoms with Crippen LogP contribution < -0.4 is 5.73 Å². The molecule has 2 rings (SSSR count). The molecule has 0 bridgehead atoms. The largest absolute Gasteiger partial charge is 0.327 e. The highest BCUT2D eigenvalue weighted by molar-refractivity contribution is 5.19. The van der Waals surface area contributed by atoms with Crippen LogP contribution in [0, 0.1) is 11.6 Å². The fraction of sp³-hybridized carbons (Fsp3) is 0.294. The first-order chi connectivity index (χ1) is 9.63. The molecule has 0 heterocycles. The maximum absolute atomic E-state index is 13.1. The van der Waals surface area contributed by atoms with Gasteiger partial charge in [-0.2, -0.15) is 0 Å². The van der Waals surface area contributed by atoms with Gasteiger partial charge in [0.1, 0.15) is 11.6 Å². The molecule has 0 aromatic heterocycles. The summed E-state index contributed by atoms with van der Waals surface area (Å²) in [6.45, 7) is 0. The van der Waals surface area contributed by atoms with E-state index in [0.717, 1.165) is 25.3 Å². The van der Waals surface area contributed by atoms with Crippen LogP contribution in [-0.4, -0.2) is 6.04 Å². The van der Waals surface area contributed by atoms with Gasteiger partial charge in [-0.25, -0.2) is 8.78 Å². The molecule has 20 heavy (non-hydrogen) atoms. The quantitative estimate of drug-likeness (QED) is 0.851. The molecule has 1 atom stereocenters. The van der Waals surface area contributed by atoms with Crippen LogP contribution in [0.15, 0.2) is 48.5 Å². The molecule has 1 nitrogen and oxygen atoms in total. The van der Waals surface area contributed by atoms with Gasteiger partial charge < -0.3 is 5.73 Å². The van der Waals surface area contributed by atoms with E-state index in [1.165, 1.54) is 17.7 Å². The van der Waals surface area contributed by atoms with Crippen LogP contribution in [0.4, 0.5) is 8.78 Å². The van der Waals surface area contributed by atoms with Crippen molar-refractivity contribution in [2.45, 2.75) is 31.7 Å². The summed E-state index contributed by atoms with van der Waals surface area (Å²) < 4.78 is 26.1. The highest BCUT2D eigenvalue weighted by atomic mass is 19.1. The van der Waals surface area contributed by atoms with Crippen molar-refractivity contribution in [1.82, 2.24) is 0 Å². The van der Waals surface area contributed by atoms with E-state index in [-0.39, 0.29) is 6.04 Å². The van der Waals surface area contributed by atoms with Crippen LogP contribution in [0.2, 0.25) is 0 Å². The first-order valence-electron chi connectivity index (χ1n) is 6.88. The van der Waals surface area contributed by atoms with Crippen molar-refractivity contribution < 1.29 is 8.78 Å². The zero-order chi connectivity index (χ0) is 14.4. The molecule has 0 saturated heterocycles. The van der Waals surface area contributed by atoms with Gasteiger partial charge in [0.25, 0.3) is 0 Å². The minimum absolute atomic E-state index is 0.0695. The van der Waals surface area contributed by atoms with E-state index >= 15 is 0 Å². The van der Waals surface area contributed by atoms with Crippen LogP contribution in [-0.2, 0) is 12.8 Å². The second kappa shape index (κ2) is 7.15. The van der Waals surface area contributed by atoms with Crippen LogP contribution in [0.1, 0.15) is 24.0 Å². The molecular weight excluding hydrogens is 256 g/mol. The minimum Gasteiger partial charge on any atom is -0.327 e. The summed E-state index contributed by atoms with van der Waals surface area (Å²) in [5, 5.41) is 0. The summed E-state index contributed by atoms with van der Waals surface area (Å²) in [5.41, 5.74) is 7.93. The van der Waals surface area contributed by atoms with Gasteiger partial charge in [0.05, 0.1) is 0 Å². The number of benzene rings is 2. The summed E-state index contributed by atoms with van der Waals surface area (Å²) in [6.07, 6.45) is 3.30. The second-order valence-corrected chi connectivity index (χ2v) is 5.12. The lowest BCUT2D eigenvalue weighted by Crippen LogP contribution is -2.23. The molecule has 0 aliphatic rings. The van der Waals surface area contributed by atoms with Gasteiger partial charge in [0.2, 0.25) is 0 Å². The van der Waals surface area contributed by atoms with E-state index in [9.17, 15) is 8.78 Å². The Morgan fingerprint density at radius 1 is 0.900 bits per heavy atom. The van der Waals surface area contributed by atoms with Crippen molar-refractivity contribution in [3.05, 3.63) is 71.3 Å². The lowest BCUT2D eigenvalue weighted by molar-refractivity contribution is 0.559. The number of nitrogens with two attached hydrogens (primary N) is 1. The first kappa shape index (κ1) is 14.7. The maximum atomic E-state index is 13.1.